The van der Waals surface area contributed by atoms with Crippen molar-refractivity contribution in [2.24, 2.45) is 0 Å². The summed E-state index contributed by atoms with van der Waals surface area (Å²) in [5, 5.41) is 0. The van der Waals surface area contributed by atoms with Gasteiger partial charge in [-0.1, -0.05) is 0 Å². The third-order valence-corrected chi connectivity index (χ3v) is 2.51. The summed E-state index contributed by atoms with van der Waals surface area (Å²) in [5.41, 5.74) is 0. The summed E-state index contributed by atoms with van der Waals surface area (Å²) in [6, 6.07) is 0. The smallest absolute Gasteiger partial charge is 0.134 e. The van der Waals surface area contributed by atoms with Crippen molar-refractivity contribution in [2.45, 2.75) is 0 Å². The van der Waals surface area contributed by atoms with Crippen molar-refractivity contribution in [3.63, 3.8) is 0 Å². The SMILES string of the molecule is FSN1CCN(SF)CC1. The van der Waals surface area contributed by atoms with Crippen molar-refractivity contribution in [3.05, 3.63) is 0 Å². The van der Waals surface area contributed by atoms with Crippen LogP contribution in [-0.2, 0) is 0 Å². The highest BCUT2D eigenvalue weighted by molar-refractivity contribution is 7.92. The molecular weight excluding hydrogens is 178 g/mol. The Hall–Kier alpha value is 0.480. The normalized spacial score (nSPS) is 23.4. The summed E-state index contributed by atoms with van der Waals surface area (Å²) in [4.78, 5) is 0. The van der Waals surface area contributed by atoms with Crippen LogP contribution in [0.3, 0.4) is 0 Å². The Morgan fingerprint density at radius 2 is 1.10 bits per heavy atom. The number of hydrogen-bond donors (Lipinski definition) is 0. The van der Waals surface area contributed by atoms with E-state index in [0.717, 1.165) is 0 Å². The molecule has 0 spiro atoms. The third kappa shape index (κ3) is 2.26. The fourth-order valence-electron chi connectivity index (χ4n) is 0.808. The molecule has 0 saturated carbocycles. The van der Waals surface area contributed by atoms with E-state index in [0.29, 0.717) is 26.2 Å². The molecule has 2 nitrogen and oxygen atoms in total. The van der Waals surface area contributed by atoms with Crippen LogP contribution in [0.15, 0.2) is 0 Å². The van der Waals surface area contributed by atoms with Gasteiger partial charge in [0, 0.05) is 26.2 Å². The first-order valence-corrected chi connectivity index (χ1v) is 4.29. The van der Waals surface area contributed by atoms with Crippen LogP contribution in [0.5, 0.6) is 0 Å². The van der Waals surface area contributed by atoms with E-state index in [2.05, 4.69) is 0 Å². The molecule has 1 saturated heterocycles. The fourth-order valence-corrected chi connectivity index (χ4v) is 1.41. The van der Waals surface area contributed by atoms with Gasteiger partial charge in [0.2, 0.25) is 0 Å². The van der Waals surface area contributed by atoms with Crippen LogP contribution in [0.4, 0.5) is 7.77 Å². The molecule has 0 aromatic rings. The molecule has 1 fully saturated rings. The van der Waals surface area contributed by atoms with Gasteiger partial charge in [-0.25, -0.2) is 8.61 Å². The van der Waals surface area contributed by atoms with Gasteiger partial charge in [-0.2, -0.15) is 0 Å². The molecule has 0 atom stereocenters. The first-order valence-electron chi connectivity index (χ1n) is 2.94. The Morgan fingerprint density at radius 3 is 1.30 bits per heavy atom. The molecule has 60 valence electrons. The Labute approximate surface area is 67.8 Å². The second-order valence-corrected chi connectivity index (χ2v) is 3.30. The Kier molecular flexibility index (Phi) is 3.75. The maximum Gasteiger partial charge on any atom is 0.134 e. The second-order valence-electron chi connectivity index (χ2n) is 2.00. The molecule has 10 heavy (non-hydrogen) atoms. The summed E-state index contributed by atoms with van der Waals surface area (Å²) in [7, 11) is 0. The summed E-state index contributed by atoms with van der Waals surface area (Å²) >= 11 is 0.466. The van der Waals surface area contributed by atoms with Gasteiger partial charge in [0.1, 0.15) is 24.7 Å². The lowest BCUT2D eigenvalue weighted by Gasteiger charge is -2.27. The van der Waals surface area contributed by atoms with Gasteiger partial charge in [-0.15, -0.1) is 7.77 Å². The van der Waals surface area contributed by atoms with Crippen molar-refractivity contribution < 1.29 is 7.77 Å². The van der Waals surface area contributed by atoms with Gasteiger partial charge in [0.05, 0.1) is 0 Å². The lowest BCUT2D eigenvalue weighted by atomic mass is 10.4. The molecule has 0 amide bonds. The van der Waals surface area contributed by atoms with Crippen LogP contribution in [0.25, 0.3) is 0 Å². The molecule has 0 unspecified atom stereocenters. The van der Waals surface area contributed by atoms with E-state index in [9.17, 15) is 7.77 Å². The minimum atomic E-state index is 0.233. The molecule has 0 aromatic heterocycles. The van der Waals surface area contributed by atoms with Crippen LogP contribution >= 0.6 is 24.7 Å². The molecule has 0 radical (unpaired) electrons. The average molecular weight is 186 g/mol. The predicted molar refractivity (Wildman–Crippen MR) is 40.5 cm³/mol. The van der Waals surface area contributed by atoms with Gasteiger partial charge in [-0.3, -0.25) is 0 Å². The summed E-state index contributed by atoms with van der Waals surface area (Å²) in [6.07, 6.45) is 0. The quantitative estimate of drug-likeness (QED) is 0.605. The first kappa shape index (κ1) is 8.58. The van der Waals surface area contributed by atoms with E-state index < -0.39 is 0 Å². The summed E-state index contributed by atoms with van der Waals surface area (Å²) in [5.74, 6) is 0. The van der Waals surface area contributed by atoms with Gasteiger partial charge >= 0.3 is 0 Å². The summed E-state index contributed by atoms with van der Waals surface area (Å²) < 4.78 is 26.8. The van der Waals surface area contributed by atoms with Crippen molar-refractivity contribution in [3.8, 4) is 0 Å². The molecule has 0 aliphatic carbocycles. The third-order valence-electron chi connectivity index (χ3n) is 1.39. The van der Waals surface area contributed by atoms with Crippen molar-refractivity contribution in [1.82, 2.24) is 8.61 Å². The molecule has 1 heterocycles. The molecular formula is C4H8F2N2S2. The topological polar surface area (TPSA) is 6.48 Å². The zero-order valence-corrected chi connectivity index (χ0v) is 6.93. The van der Waals surface area contributed by atoms with Gasteiger partial charge < -0.3 is 0 Å². The average Bonchev–Trinajstić information content (AvgIpc) is 2.05. The molecule has 1 aliphatic heterocycles. The van der Waals surface area contributed by atoms with E-state index in [1.165, 1.54) is 0 Å². The van der Waals surface area contributed by atoms with Gasteiger partial charge in [0.25, 0.3) is 0 Å². The molecule has 1 rings (SSSR count). The molecule has 0 bridgehead atoms. The minimum absolute atomic E-state index is 0.233. The van der Waals surface area contributed by atoms with Crippen LogP contribution < -0.4 is 0 Å². The van der Waals surface area contributed by atoms with Crippen molar-refractivity contribution in [1.29, 1.82) is 0 Å². The van der Waals surface area contributed by atoms with E-state index in [1.54, 1.807) is 8.61 Å². The Bertz CT molecular complexity index is 85.3. The molecule has 0 aromatic carbocycles. The van der Waals surface area contributed by atoms with Crippen molar-refractivity contribution in [2.75, 3.05) is 26.2 Å². The maximum absolute atomic E-state index is 11.8. The molecule has 0 N–H and O–H groups in total. The number of halogens is 2. The van der Waals surface area contributed by atoms with Crippen molar-refractivity contribution >= 4 is 24.7 Å². The number of rotatable bonds is 2. The number of nitrogens with zero attached hydrogens (tertiary/aromatic N) is 2. The fraction of sp³-hybridized carbons (Fsp3) is 1.00. The van der Waals surface area contributed by atoms with E-state index in [1.807, 2.05) is 0 Å². The predicted octanol–water partition coefficient (Wildman–Crippen LogP) is 1.67. The first-order chi connectivity index (χ1) is 4.86. The van der Waals surface area contributed by atoms with Crippen LogP contribution in [0.2, 0.25) is 0 Å². The van der Waals surface area contributed by atoms with E-state index in [-0.39, 0.29) is 24.7 Å². The van der Waals surface area contributed by atoms with Gasteiger partial charge in [0.15, 0.2) is 0 Å². The molecule has 6 heteroatoms. The highest BCUT2D eigenvalue weighted by Crippen LogP contribution is 2.18. The van der Waals surface area contributed by atoms with Crippen LogP contribution in [0.1, 0.15) is 0 Å². The zero-order chi connectivity index (χ0) is 7.40. The van der Waals surface area contributed by atoms with E-state index in [4.69, 9.17) is 0 Å². The van der Waals surface area contributed by atoms with Crippen LogP contribution in [-0.4, -0.2) is 34.8 Å². The minimum Gasteiger partial charge on any atom is -0.220 e. The lowest BCUT2D eigenvalue weighted by Crippen LogP contribution is -2.38. The van der Waals surface area contributed by atoms with E-state index >= 15 is 0 Å². The lowest BCUT2D eigenvalue weighted by molar-refractivity contribution is 0.300. The molecule has 1 aliphatic rings. The standard InChI is InChI=1S/C4H8F2N2S2/c5-9-7-1-2-8(10-6)4-3-7/h1-4H2. The highest BCUT2D eigenvalue weighted by atomic mass is 32.2. The number of piperazine rings is 1. The monoisotopic (exact) mass is 186 g/mol. The Morgan fingerprint density at radius 1 is 0.800 bits per heavy atom. The van der Waals surface area contributed by atoms with Gasteiger partial charge in [-0.05, 0) is 0 Å². The zero-order valence-electron chi connectivity index (χ0n) is 5.30. The summed E-state index contributed by atoms with van der Waals surface area (Å²) in [6.45, 7) is 2.38. The highest BCUT2D eigenvalue weighted by Gasteiger charge is 2.17. The number of hydrogen-bond acceptors (Lipinski definition) is 4. The second kappa shape index (κ2) is 4.38. The van der Waals surface area contributed by atoms with Crippen LogP contribution in [0, 0.1) is 0 Å². The largest absolute Gasteiger partial charge is 0.220 e. The maximum atomic E-state index is 11.8. The Balaban J connectivity index is 2.17.